The molecule has 0 aliphatic heterocycles. The zero-order valence-corrected chi connectivity index (χ0v) is 19.0. The predicted molar refractivity (Wildman–Crippen MR) is 143 cm³/mol. The maximum atomic E-state index is 3.60. The molecule has 1 unspecified atom stereocenters. The predicted octanol–water partition coefficient (Wildman–Crippen LogP) is 8.54. The van der Waals surface area contributed by atoms with Crippen LogP contribution in [0.2, 0.25) is 0 Å². The summed E-state index contributed by atoms with van der Waals surface area (Å²) in [6, 6.07) is 42.4. The quantitative estimate of drug-likeness (QED) is 0.280. The Morgan fingerprint density at radius 3 is 2.09 bits per heavy atom. The van der Waals surface area contributed by atoms with Crippen LogP contribution in [0.15, 0.2) is 115 Å². The third-order valence-corrected chi connectivity index (χ3v) is 7.46. The van der Waals surface area contributed by atoms with Gasteiger partial charge >= 0.3 is 0 Å². The van der Waals surface area contributed by atoms with E-state index in [2.05, 4.69) is 120 Å². The number of H-pyrrole nitrogens is 1. The number of nitrogens with one attached hydrogen (secondary N) is 1. The highest BCUT2D eigenvalue weighted by Gasteiger charge is 2.22. The van der Waals surface area contributed by atoms with E-state index >= 15 is 0 Å². The number of aromatic nitrogens is 1. The first-order valence-corrected chi connectivity index (χ1v) is 12.1. The van der Waals surface area contributed by atoms with E-state index in [1.807, 2.05) is 0 Å². The molecule has 1 aliphatic carbocycles. The molecule has 162 valence electrons. The van der Waals surface area contributed by atoms with E-state index in [0.29, 0.717) is 5.92 Å². The SMILES string of the molecule is c1ccc(C2Cc3ccccc3-c3cc(-c4ccc5c(c4)[nH]c4ccccc45)ccc3C2)cc1. The van der Waals surface area contributed by atoms with E-state index in [1.54, 1.807) is 0 Å². The van der Waals surface area contributed by atoms with Gasteiger partial charge in [-0.05, 0) is 75.9 Å². The average molecular weight is 436 g/mol. The molecular formula is C33H25N. The molecule has 0 fully saturated rings. The number of aromatic amines is 1. The van der Waals surface area contributed by atoms with Crippen molar-refractivity contribution in [2.45, 2.75) is 18.8 Å². The van der Waals surface area contributed by atoms with Gasteiger partial charge in [0.05, 0.1) is 0 Å². The maximum Gasteiger partial charge on any atom is 0.0471 e. The molecule has 0 bridgehead atoms. The van der Waals surface area contributed by atoms with Crippen molar-refractivity contribution >= 4 is 21.8 Å². The topological polar surface area (TPSA) is 15.8 Å². The van der Waals surface area contributed by atoms with Crippen molar-refractivity contribution in [2.24, 2.45) is 0 Å². The molecule has 0 saturated heterocycles. The summed E-state index contributed by atoms with van der Waals surface area (Å²) < 4.78 is 0. The summed E-state index contributed by atoms with van der Waals surface area (Å²) in [5, 5.41) is 2.57. The van der Waals surface area contributed by atoms with E-state index < -0.39 is 0 Å². The molecule has 0 radical (unpaired) electrons. The van der Waals surface area contributed by atoms with Gasteiger partial charge in [-0.15, -0.1) is 0 Å². The van der Waals surface area contributed by atoms with Crippen molar-refractivity contribution in [3.8, 4) is 22.3 Å². The van der Waals surface area contributed by atoms with E-state index in [9.17, 15) is 0 Å². The molecule has 0 spiro atoms. The van der Waals surface area contributed by atoms with Gasteiger partial charge in [-0.2, -0.15) is 0 Å². The van der Waals surface area contributed by atoms with Crippen LogP contribution in [0, 0.1) is 0 Å². The Morgan fingerprint density at radius 1 is 0.500 bits per heavy atom. The Bertz CT molecular complexity index is 1660. The highest BCUT2D eigenvalue weighted by atomic mass is 14.7. The highest BCUT2D eigenvalue weighted by molar-refractivity contribution is 6.08. The summed E-state index contributed by atoms with van der Waals surface area (Å²) in [4.78, 5) is 3.60. The minimum atomic E-state index is 0.497. The molecule has 7 rings (SSSR count). The molecule has 1 aliphatic rings. The number of benzene rings is 5. The molecule has 5 aromatic carbocycles. The van der Waals surface area contributed by atoms with Crippen LogP contribution in [-0.2, 0) is 12.8 Å². The fourth-order valence-electron chi connectivity index (χ4n) is 5.74. The van der Waals surface area contributed by atoms with Crippen molar-refractivity contribution < 1.29 is 0 Å². The number of para-hydroxylation sites is 1. The van der Waals surface area contributed by atoms with Gasteiger partial charge in [-0.1, -0.05) is 97.1 Å². The molecule has 0 amide bonds. The van der Waals surface area contributed by atoms with Crippen LogP contribution in [-0.4, -0.2) is 4.98 Å². The van der Waals surface area contributed by atoms with Crippen LogP contribution in [0.4, 0.5) is 0 Å². The largest absolute Gasteiger partial charge is 0.354 e. The fourth-order valence-corrected chi connectivity index (χ4v) is 5.74. The van der Waals surface area contributed by atoms with E-state index in [1.165, 1.54) is 60.8 Å². The molecular weight excluding hydrogens is 410 g/mol. The average Bonchev–Trinajstić information content (AvgIpc) is 3.18. The standard InChI is InChI=1S/C33H25N/c1-2-8-22(9-3-1)27-18-25-10-4-5-11-28(25)31-20-23(14-15-26(31)19-27)24-16-17-30-29-12-6-7-13-32(29)34-33(30)21-24/h1-17,20-21,27,34H,18-19H2. The van der Waals surface area contributed by atoms with Crippen molar-refractivity contribution in [2.75, 3.05) is 0 Å². The Labute approximate surface area is 199 Å². The van der Waals surface area contributed by atoms with Gasteiger partial charge in [0.15, 0.2) is 0 Å². The second-order valence-electron chi connectivity index (χ2n) is 9.48. The normalized spacial score (nSPS) is 15.1. The summed E-state index contributed by atoms with van der Waals surface area (Å²) in [5.41, 5.74) is 12.0. The molecule has 1 aromatic heterocycles. The van der Waals surface area contributed by atoms with Crippen LogP contribution < -0.4 is 0 Å². The highest BCUT2D eigenvalue weighted by Crippen LogP contribution is 2.40. The molecule has 1 N–H and O–H groups in total. The van der Waals surface area contributed by atoms with Crippen LogP contribution in [0.25, 0.3) is 44.1 Å². The second-order valence-corrected chi connectivity index (χ2v) is 9.48. The molecule has 6 aromatic rings. The van der Waals surface area contributed by atoms with Crippen LogP contribution in [0.3, 0.4) is 0 Å². The third-order valence-electron chi connectivity index (χ3n) is 7.46. The maximum absolute atomic E-state index is 3.60. The lowest BCUT2D eigenvalue weighted by atomic mass is 9.88. The summed E-state index contributed by atoms with van der Waals surface area (Å²) >= 11 is 0. The Kier molecular flexibility index (Phi) is 4.41. The lowest BCUT2D eigenvalue weighted by Crippen LogP contribution is -2.05. The van der Waals surface area contributed by atoms with Gasteiger partial charge in [-0.25, -0.2) is 0 Å². The Hall–Kier alpha value is -4.10. The van der Waals surface area contributed by atoms with Crippen LogP contribution in [0.1, 0.15) is 22.6 Å². The molecule has 34 heavy (non-hydrogen) atoms. The lowest BCUT2D eigenvalue weighted by Gasteiger charge is -2.16. The third kappa shape index (κ3) is 3.16. The van der Waals surface area contributed by atoms with Gasteiger partial charge in [0.25, 0.3) is 0 Å². The van der Waals surface area contributed by atoms with Crippen molar-refractivity contribution in [1.82, 2.24) is 4.98 Å². The minimum absolute atomic E-state index is 0.497. The van der Waals surface area contributed by atoms with E-state index in [4.69, 9.17) is 0 Å². The second kappa shape index (κ2) is 7.74. The molecule has 0 saturated carbocycles. The molecule has 1 heteroatoms. The zero-order chi connectivity index (χ0) is 22.5. The first-order valence-electron chi connectivity index (χ1n) is 12.1. The van der Waals surface area contributed by atoms with E-state index in [0.717, 1.165) is 12.8 Å². The Balaban J connectivity index is 1.36. The van der Waals surface area contributed by atoms with Gasteiger partial charge in [0, 0.05) is 21.8 Å². The Morgan fingerprint density at radius 2 is 1.18 bits per heavy atom. The van der Waals surface area contributed by atoms with E-state index in [-0.39, 0.29) is 0 Å². The van der Waals surface area contributed by atoms with Crippen molar-refractivity contribution in [1.29, 1.82) is 0 Å². The zero-order valence-electron chi connectivity index (χ0n) is 19.0. The number of rotatable bonds is 2. The van der Waals surface area contributed by atoms with Crippen molar-refractivity contribution in [3.63, 3.8) is 0 Å². The van der Waals surface area contributed by atoms with Gasteiger partial charge in [0.2, 0.25) is 0 Å². The van der Waals surface area contributed by atoms with Crippen LogP contribution >= 0.6 is 0 Å². The minimum Gasteiger partial charge on any atom is -0.354 e. The van der Waals surface area contributed by atoms with Gasteiger partial charge in [0.1, 0.15) is 0 Å². The first-order chi connectivity index (χ1) is 16.8. The van der Waals surface area contributed by atoms with Crippen LogP contribution in [0.5, 0.6) is 0 Å². The smallest absolute Gasteiger partial charge is 0.0471 e. The first kappa shape index (κ1) is 19.4. The lowest BCUT2D eigenvalue weighted by molar-refractivity contribution is 0.689. The summed E-state index contributed by atoms with van der Waals surface area (Å²) in [6.07, 6.45) is 2.14. The summed E-state index contributed by atoms with van der Waals surface area (Å²) in [6.45, 7) is 0. The fraction of sp³-hybridized carbons (Fsp3) is 0.0909. The summed E-state index contributed by atoms with van der Waals surface area (Å²) in [7, 11) is 0. The monoisotopic (exact) mass is 435 g/mol. The molecule has 1 atom stereocenters. The number of hydrogen-bond donors (Lipinski definition) is 1. The van der Waals surface area contributed by atoms with Gasteiger partial charge in [-0.3, -0.25) is 0 Å². The molecule has 1 heterocycles. The number of hydrogen-bond acceptors (Lipinski definition) is 0. The van der Waals surface area contributed by atoms with Crippen molar-refractivity contribution in [3.05, 3.63) is 132 Å². The number of fused-ring (bicyclic) bond motifs is 6. The van der Waals surface area contributed by atoms with Gasteiger partial charge < -0.3 is 4.98 Å². The summed E-state index contributed by atoms with van der Waals surface area (Å²) in [5.74, 6) is 0.497. The molecule has 1 nitrogen and oxygen atoms in total.